The Morgan fingerprint density at radius 3 is 2.68 bits per heavy atom. The van der Waals surface area contributed by atoms with Crippen LogP contribution in [0.5, 0.6) is 5.75 Å². The number of phenols is 1. The van der Waals surface area contributed by atoms with Crippen LogP contribution in [-0.4, -0.2) is 35.5 Å². The zero-order chi connectivity index (χ0) is 16.9. The average molecular weight is 328 g/mol. The number of aromatic hydroxyl groups is 1. The van der Waals surface area contributed by atoms with Crippen molar-refractivity contribution in [2.75, 3.05) is 18.9 Å². The summed E-state index contributed by atoms with van der Waals surface area (Å²) in [6.07, 6.45) is 0.384. The summed E-state index contributed by atoms with van der Waals surface area (Å²) < 4.78 is 13.7. The minimum atomic E-state index is -0.800. The van der Waals surface area contributed by atoms with E-state index >= 15 is 0 Å². The topological polar surface area (TPSA) is 76.4 Å². The monoisotopic (exact) mass is 327 g/mol. The molecule has 0 bridgehead atoms. The maximum atomic E-state index is 13.7. The molecule has 1 aliphatic rings. The lowest BCUT2D eigenvalue weighted by molar-refractivity contribution is -0.119. The van der Waals surface area contributed by atoms with Gasteiger partial charge in [-0.2, -0.15) is 5.26 Å². The van der Waals surface area contributed by atoms with Crippen molar-refractivity contribution in [1.82, 2.24) is 4.90 Å². The van der Waals surface area contributed by atoms with Crippen molar-refractivity contribution in [3.63, 3.8) is 0 Å². The molecule has 7 heteroatoms. The summed E-state index contributed by atoms with van der Waals surface area (Å²) in [6, 6.07) is 3.93. The summed E-state index contributed by atoms with van der Waals surface area (Å²) in [6.45, 7) is 4.42. The number of hydrogen-bond acceptors (Lipinski definition) is 4. The maximum absolute atomic E-state index is 13.7. The lowest BCUT2D eigenvalue weighted by atomic mass is 10.1. The molecule has 1 amide bonds. The maximum Gasteiger partial charge on any atom is 0.229 e. The Labute approximate surface area is 134 Å². The second-order valence-corrected chi connectivity index (χ2v) is 5.22. The van der Waals surface area contributed by atoms with Gasteiger partial charge in [-0.15, -0.1) is 0 Å². The normalized spacial score (nSPS) is 20.7. The highest BCUT2D eigenvalue weighted by molar-refractivity contribution is 6.30. The number of phenolic OH excluding ortho intramolecular Hbond substituents is 1. The molecule has 2 unspecified atom stereocenters. The van der Waals surface area contributed by atoms with E-state index in [1.54, 1.807) is 11.9 Å². The molecule has 0 aromatic heterocycles. The molecule has 1 aromatic rings. The first-order chi connectivity index (χ1) is 10.4. The summed E-state index contributed by atoms with van der Waals surface area (Å²) in [5, 5.41) is 20.9. The predicted molar refractivity (Wildman–Crippen MR) is 83.2 cm³/mol. The fourth-order valence-corrected chi connectivity index (χ4v) is 2.45. The zero-order valence-electron chi connectivity index (χ0n) is 12.7. The molecule has 2 atom stereocenters. The molecule has 1 fully saturated rings. The lowest BCUT2D eigenvalue weighted by Gasteiger charge is -2.13. The van der Waals surface area contributed by atoms with Gasteiger partial charge < -0.3 is 10.4 Å². The van der Waals surface area contributed by atoms with Crippen molar-refractivity contribution in [3.8, 4) is 11.8 Å². The Hall–Kier alpha value is -1.84. The molecule has 120 valence electrons. The van der Waals surface area contributed by atoms with Crippen LogP contribution < -0.4 is 5.32 Å². The van der Waals surface area contributed by atoms with Crippen LogP contribution in [0, 0.1) is 23.1 Å². The predicted octanol–water partition coefficient (Wildman–Crippen LogP) is 2.99. The smallest absolute Gasteiger partial charge is 0.229 e. The van der Waals surface area contributed by atoms with Crippen molar-refractivity contribution < 1.29 is 14.3 Å². The molecule has 0 aliphatic carbocycles. The zero-order valence-corrected chi connectivity index (χ0v) is 13.5. The second kappa shape index (κ2) is 7.97. The Kier molecular flexibility index (Phi) is 6.60. The Morgan fingerprint density at radius 2 is 2.18 bits per heavy atom. The Bertz CT molecular complexity index is 566. The van der Waals surface area contributed by atoms with Crippen LogP contribution in [0.15, 0.2) is 12.1 Å². The molecule has 2 rings (SSSR count). The van der Waals surface area contributed by atoms with Gasteiger partial charge in [0, 0.05) is 17.6 Å². The summed E-state index contributed by atoms with van der Waals surface area (Å²) in [7, 11) is 1.75. The number of nitriles is 1. The highest BCUT2D eigenvalue weighted by atomic mass is 35.5. The first-order valence-corrected chi connectivity index (χ1v) is 7.39. The molecule has 0 spiro atoms. The number of benzene rings is 1. The Balaban J connectivity index is 0.00000116. The van der Waals surface area contributed by atoms with Gasteiger partial charge in [0.2, 0.25) is 5.91 Å². The van der Waals surface area contributed by atoms with Gasteiger partial charge in [0.15, 0.2) is 5.82 Å². The first-order valence-electron chi connectivity index (χ1n) is 7.01. The molecule has 1 saturated heterocycles. The lowest BCUT2D eigenvalue weighted by Crippen LogP contribution is -2.26. The number of amides is 1. The summed E-state index contributed by atoms with van der Waals surface area (Å²) >= 11 is 5.59. The molecule has 5 nitrogen and oxygen atoms in total. The molecule has 1 heterocycles. The van der Waals surface area contributed by atoms with E-state index in [-0.39, 0.29) is 16.8 Å². The highest BCUT2D eigenvalue weighted by Crippen LogP contribution is 2.31. The first kappa shape index (κ1) is 18.2. The van der Waals surface area contributed by atoms with E-state index in [0.717, 1.165) is 12.1 Å². The van der Waals surface area contributed by atoms with Gasteiger partial charge in [-0.25, -0.2) is 4.39 Å². The second-order valence-electron chi connectivity index (χ2n) is 4.79. The van der Waals surface area contributed by atoms with Crippen LogP contribution in [-0.2, 0) is 4.79 Å². The van der Waals surface area contributed by atoms with Crippen molar-refractivity contribution in [2.24, 2.45) is 5.92 Å². The number of nitrogens with one attached hydrogen (secondary N) is 1. The van der Waals surface area contributed by atoms with E-state index in [0.29, 0.717) is 13.0 Å². The number of likely N-dealkylation sites (tertiary alicyclic amines) is 1. The van der Waals surface area contributed by atoms with Crippen LogP contribution in [0.1, 0.15) is 20.3 Å². The molecular weight excluding hydrogens is 309 g/mol. The fraction of sp³-hybridized carbons (Fsp3) is 0.467. The number of hydrogen-bond donors (Lipinski definition) is 2. The molecule has 22 heavy (non-hydrogen) atoms. The van der Waals surface area contributed by atoms with Crippen LogP contribution >= 0.6 is 11.6 Å². The fourth-order valence-electron chi connectivity index (χ4n) is 2.25. The SMILES string of the molecule is CC.CN1CC(C(=O)Nc2c(O)cc(Cl)cc2F)CC1C#N. The van der Waals surface area contributed by atoms with E-state index < -0.39 is 23.4 Å². The third-order valence-corrected chi connectivity index (χ3v) is 3.57. The van der Waals surface area contributed by atoms with Crippen LogP contribution in [0.2, 0.25) is 5.02 Å². The number of nitrogens with zero attached hydrogens (tertiary/aromatic N) is 2. The number of carbonyl (C=O) groups is 1. The quantitative estimate of drug-likeness (QED) is 0.819. The van der Waals surface area contributed by atoms with Crippen molar-refractivity contribution in [3.05, 3.63) is 23.0 Å². The van der Waals surface area contributed by atoms with Gasteiger partial charge in [-0.1, -0.05) is 25.4 Å². The van der Waals surface area contributed by atoms with Gasteiger partial charge >= 0.3 is 0 Å². The van der Waals surface area contributed by atoms with E-state index in [4.69, 9.17) is 16.9 Å². The summed E-state index contributed by atoms with van der Waals surface area (Å²) in [5.41, 5.74) is -0.289. The summed E-state index contributed by atoms with van der Waals surface area (Å²) in [5.74, 6) is -2.07. The third-order valence-electron chi connectivity index (χ3n) is 3.35. The van der Waals surface area contributed by atoms with Crippen molar-refractivity contribution >= 4 is 23.2 Å². The molecule has 0 saturated carbocycles. The minimum absolute atomic E-state index is 0.0446. The van der Waals surface area contributed by atoms with Crippen LogP contribution in [0.3, 0.4) is 0 Å². The molecule has 2 N–H and O–H groups in total. The Morgan fingerprint density at radius 1 is 1.55 bits per heavy atom. The molecule has 1 aliphatic heterocycles. The number of halogens is 2. The van der Waals surface area contributed by atoms with Gasteiger partial charge in [0.05, 0.1) is 18.0 Å². The molecule has 1 aromatic carbocycles. The number of carbonyl (C=O) groups excluding carboxylic acids is 1. The van der Waals surface area contributed by atoms with Crippen LogP contribution in [0.25, 0.3) is 0 Å². The summed E-state index contributed by atoms with van der Waals surface area (Å²) in [4.78, 5) is 13.8. The molecular formula is C15H19ClFN3O2. The number of anilines is 1. The third kappa shape index (κ3) is 4.09. The van der Waals surface area contributed by atoms with Gasteiger partial charge in [0.25, 0.3) is 0 Å². The average Bonchev–Trinajstić information content (AvgIpc) is 2.86. The number of rotatable bonds is 2. The van der Waals surface area contributed by atoms with Gasteiger partial charge in [-0.05, 0) is 19.5 Å². The van der Waals surface area contributed by atoms with Gasteiger partial charge in [0.1, 0.15) is 11.4 Å². The van der Waals surface area contributed by atoms with E-state index in [1.165, 1.54) is 0 Å². The largest absolute Gasteiger partial charge is 0.506 e. The van der Waals surface area contributed by atoms with E-state index in [1.807, 2.05) is 13.8 Å². The van der Waals surface area contributed by atoms with Crippen molar-refractivity contribution in [2.45, 2.75) is 26.3 Å². The minimum Gasteiger partial charge on any atom is -0.506 e. The van der Waals surface area contributed by atoms with E-state index in [9.17, 15) is 14.3 Å². The standard InChI is InChI=1S/C13H13ClFN3O2.C2H6/c1-18-6-7(2-9(18)5-16)13(20)17-12-10(15)3-8(14)4-11(12)19;1-2/h3-4,7,9,19H,2,6H2,1H3,(H,17,20);1-2H3. The van der Waals surface area contributed by atoms with E-state index in [2.05, 4.69) is 11.4 Å². The molecule has 0 radical (unpaired) electrons. The van der Waals surface area contributed by atoms with Crippen LogP contribution in [0.4, 0.5) is 10.1 Å². The van der Waals surface area contributed by atoms with Crippen molar-refractivity contribution in [1.29, 1.82) is 5.26 Å². The van der Waals surface area contributed by atoms with Gasteiger partial charge in [-0.3, -0.25) is 9.69 Å². The highest BCUT2D eigenvalue weighted by Gasteiger charge is 2.34.